The van der Waals surface area contributed by atoms with Gasteiger partial charge in [0.2, 0.25) is 5.88 Å². The fraction of sp³-hybridized carbons (Fsp3) is 0.615. The van der Waals surface area contributed by atoms with E-state index in [0.29, 0.717) is 31.6 Å². The highest BCUT2D eigenvalue weighted by atomic mass is 16.5. The fourth-order valence-electron chi connectivity index (χ4n) is 1.45. The summed E-state index contributed by atoms with van der Waals surface area (Å²) in [5.41, 5.74) is 7.75. The summed E-state index contributed by atoms with van der Waals surface area (Å²) >= 11 is 0. The number of nitrogens with two attached hydrogens (primary N) is 1. The average molecular weight is 238 g/mol. The lowest BCUT2D eigenvalue weighted by molar-refractivity contribution is 0.0803. The molecule has 1 heterocycles. The van der Waals surface area contributed by atoms with Gasteiger partial charge in [0.25, 0.3) is 0 Å². The summed E-state index contributed by atoms with van der Waals surface area (Å²) < 4.78 is 11.0. The third-order valence-corrected chi connectivity index (χ3v) is 2.37. The van der Waals surface area contributed by atoms with Gasteiger partial charge in [-0.3, -0.25) is 0 Å². The molecule has 4 nitrogen and oxygen atoms in total. The van der Waals surface area contributed by atoms with E-state index in [1.807, 2.05) is 13.0 Å². The Morgan fingerprint density at radius 3 is 2.76 bits per heavy atom. The van der Waals surface area contributed by atoms with Gasteiger partial charge in [-0.05, 0) is 24.5 Å². The second-order valence-electron chi connectivity index (χ2n) is 4.43. The molecule has 1 aromatic heterocycles. The van der Waals surface area contributed by atoms with Crippen molar-refractivity contribution in [3.05, 3.63) is 23.4 Å². The second-order valence-corrected chi connectivity index (χ2v) is 4.43. The maximum Gasteiger partial charge on any atom is 0.218 e. The van der Waals surface area contributed by atoms with Crippen LogP contribution in [0.5, 0.6) is 5.88 Å². The molecule has 0 unspecified atom stereocenters. The van der Waals surface area contributed by atoms with Crippen LogP contribution in [0.4, 0.5) is 0 Å². The lowest BCUT2D eigenvalue weighted by atomic mass is 10.1. The van der Waals surface area contributed by atoms with Crippen molar-refractivity contribution in [3.8, 4) is 5.88 Å². The molecular weight excluding hydrogens is 216 g/mol. The molecule has 1 aromatic rings. The minimum atomic E-state index is 0.446. The monoisotopic (exact) mass is 238 g/mol. The van der Waals surface area contributed by atoms with E-state index in [1.54, 1.807) is 6.20 Å². The van der Waals surface area contributed by atoms with Gasteiger partial charge in [-0.1, -0.05) is 13.8 Å². The Balaban J connectivity index is 2.39. The van der Waals surface area contributed by atoms with Crippen molar-refractivity contribution in [2.24, 2.45) is 11.7 Å². The van der Waals surface area contributed by atoms with Crippen LogP contribution in [0.25, 0.3) is 0 Å². The summed E-state index contributed by atoms with van der Waals surface area (Å²) in [5, 5.41) is 0. The zero-order valence-corrected chi connectivity index (χ0v) is 10.9. The van der Waals surface area contributed by atoms with E-state index in [1.165, 1.54) is 0 Å². The number of aryl methyl sites for hydroxylation is 1. The molecule has 0 fully saturated rings. The van der Waals surface area contributed by atoms with Crippen LogP contribution in [-0.2, 0) is 11.3 Å². The maximum atomic E-state index is 5.67. The molecule has 0 saturated carbocycles. The molecule has 1 rings (SSSR count). The van der Waals surface area contributed by atoms with E-state index in [2.05, 4.69) is 18.8 Å². The number of nitrogens with zero attached hydrogens (tertiary/aromatic N) is 1. The second kappa shape index (κ2) is 7.25. The minimum Gasteiger partial charge on any atom is -0.475 e. The lowest BCUT2D eigenvalue weighted by Gasteiger charge is -2.11. The van der Waals surface area contributed by atoms with Crippen molar-refractivity contribution in [2.45, 2.75) is 27.3 Å². The third-order valence-electron chi connectivity index (χ3n) is 2.37. The number of rotatable bonds is 7. The molecule has 17 heavy (non-hydrogen) atoms. The quantitative estimate of drug-likeness (QED) is 0.737. The van der Waals surface area contributed by atoms with E-state index < -0.39 is 0 Å². The fourth-order valence-corrected chi connectivity index (χ4v) is 1.45. The molecule has 0 spiro atoms. The molecule has 0 aliphatic rings. The number of pyridine rings is 1. The molecule has 0 amide bonds. The first-order valence-corrected chi connectivity index (χ1v) is 6.00. The van der Waals surface area contributed by atoms with E-state index >= 15 is 0 Å². The Labute approximate surface area is 103 Å². The van der Waals surface area contributed by atoms with Gasteiger partial charge >= 0.3 is 0 Å². The van der Waals surface area contributed by atoms with Gasteiger partial charge in [0.1, 0.15) is 6.61 Å². The first-order chi connectivity index (χ1) is 8.15. The van der Waals surface area contributed by atoms with Crippen molar-refractivity contribution in [2.75, 3.05) is 19.8 Å². The summed E-state index contributed by atoms with van der Waals surface area (Å²) in [6.45, 7) is 8.54. The standard InChI is InChI=1S/C13H22N2O2/c1-10(2)9-16-6-7-17-13-12(8-14)11(3)4-5-15-13/h4-5,10H,6-9,14H2,1-3H3. The minimum absolute atomic E-state index is 0.446. The van der Waals surface area contributed by atoms with Gasteiger partial charge in [0, 0.05) is 24.9 Å². The summed E-state index contributed by atoms with van der Waals surface area (Å²) in [6.07, 6.45) is 1.73. The largest absolute Gasteiger partial charge is 0.475 e. The van der Waals surface area contributed by atoms with E-state index in [4.69, 9.17) is 15.2 Å². The Morgan fingerprint density at radius 2 is 2.12 bits per heavy atom. The molecule has 2 N–H and O–H groups in total. The maximum absolute atomic E-state index is 5.67. The number of aromatic nitrogens is 1. The molecule has 96 valence electrons. The van der Waals surface area contributed by atoms with Crippen LogP contribution in [0, 0.1) is 12.8 Å². The van der Waals surface area contributed by atoms with Crippen LogP contribution >= 0.6 is 0 Å². The Hall–Kier alpha value is -1.13. The van der Waals surface area contributed by atoms with Crippen LogP contribution in [0.2, 0.25) is 0 Å². The van der Waals surface area contributed by atoms with E-state index in [9.17, 15) is 0 Å². The van der Waals surface area contributed by atoms with Crippen LogP contribution in [0.15, 0.2) is 12.3 Å². The summed E-state index contributed by atoms with van der Waals surface area (Å²) in [7, 11) is 0. The third kappa shape index (κ3) is 4.71. The lowest BCUT2D eigenvalue weighted by Crippen LogP contribution is -2.13. The first kappa shape index (κ1) is 13.9. The smallest absolute Gasteiger partial charge is 0.218 e. The molecule has 4 heteroatoms. The Morgan fingerprint density at radius 1 is 1.35 bits per heavy atom. The zero-order valence-electron chi connectivity index (χ0n) is 10.9. The topological polar surface area (TPSA) is 57.4 Å². The SMILES string of the molecule is Cc1ccnc(OCCOCC(C)C)c1CN. The molecule has 0 bridgehead atoms. The van der Waals surface area contributed by atoms with Crippen LogP contribution < -0.4 is 10.5 Å². The highest BCUT2D eigenvalue weighted by molar-refractivity contribution is 5.33. The molecule has 0 saturated heterocycles. The van der Waals surface area contributed by atoms with Crippen LogP contribution in [-0.4, -0.2) is 24.8 Å². The van der Waals surface area contributed by atoms with E-state index in [-0.39, 0.29) is 0 Å². The summed E-state index contributed by atoms with van der Waals surface area (Å²) in [6, 6.07) is 1.93. The predicted molar refractivity (Wildman–Crippen MR) is 68.0 cm³/mol. The van der Waals surface area contributed by atoms with Crippen molar-refractivity contribution in [1.82, 2.24) is 4.98 Å². The average Bonchev–Trinajstić information content (AvgIpc) is 2.28. The van der Waals surface area contributed by atoms with Crippen molar-refractivity contribution in [3.63, 3.8) is 0 Å². The van der Waals surface area contributed by atoms with E-state index in [0.717, 1.165) is 17.7 Å². The molecular formula is C13H22N2O2. The number of ether oxygens (including phenoxy) is 2. The van der Waals surface area contributed by atoms with Crippen molar-refractivity contribution < 1.29 is 9.47 Å². The van der Waals surface area contributed by atoms with Crippen LogP contribution in [0.1, 0.15) is 25.0 Å². The van der Waals surface area contributed by atoms with Crippen molar-refractivity contribution in [1.29, 1.82) is 0 Å². The van der Waals surface area contributed by atoms with Crippen molar-refractivity contribution >= 4 is 0 Å². The Kier molecular flexibility index (Phi) is 5.94. The highest BCUT2D eigenvalue weighted by Crippen LogP contribution is 2.17. The molecule has 0 radical (unpaired) electrons. The highest BCUT2D eigenvalue weighted by Gasteiger charge is 2.06. The van der Waals surface area contributed by atoms with Gasteiger partial charge in [0.15, 0.2) is 0 Å². The summed E-state index contributed by atoms with van der Waals surface area (Å²) in [5.74, 6) is 1.17. The molecule has 0 aliphatic heterocycles. The zero-order chi connectivity index (χ0) is 12.7. The summed E-state index contributed by atoms with van der Waals surface area (Å²) in [4.78, 5) is 4.19. The molecule has 0 aromatic carbocycles. The van der Waals surface area contributed by atoms with Crippen LogP contribution in [0.3, 0.4) is 0 Å². The molecule has 0 atom stereocenters. The number of hydrogen-bond acceptors (Lipinski definition) is 4. The first-order valence-electron chi connectivity index (χ1n) is 6.00. The predicted octanol–water partition coefficient (Wildman–Crippen LogP) is 1.90. The number of hydrogen-bond donors (Lipinski definition) is 1. The van der Waals surface area contributed by atoms with Gasteiger partial charge in [-0.2, -0.15) is 0 Å². The van der Waals surface area contributed by atoms with Gasteiger partial charge in [-0.15, -0.1) is 0 Å². The van der Waals surface area contributed by atoms with Gasteiger partial charge in [0.05, 0.1) is 6.61 Å². The molecule has 0 aliphatic carbocycles. The van der Waals surface area contributed by atoms with Gasteiger partial charge in [-0.25, -0.2) is 4.98 Å². The normalized spacial score (nSPS) is 10.9. The van der Waals surface area contributed by atoms with Gasteiger partial charge < -0.3 is 15.2 Å². The Bertz CT molecular complexity index is 340.